The number of benzene rings is 3. The van der Waals surface area contributed by atoms with E-state index in [2.05, 4.69) is 5.32 Å². The molecule has 124 valence electrons. The minimum Gasteiger partial charge on any atom is -0.322 e. The highest BCUT2D eigenvalue weighted by Gasteiger charge is 2.11. The van der Waals surface area contributed by atoms with Gasteiger partial charge in [-0.3, -0.25) is 9.59 Å². The number of ketones is 1. The van der Waals surface area contributed by atoms with Crippen LogP contribution >= 0.6 is 11.6 Å². The summed E-state index contributed by atoms with van der Waals surface area (Å²) in [6.07, 6.45) is 0. The fourth-order valence-electron chi connectivity index (χ4n) is 2.43. The van der Waals surface area contributed by atoms with Gasteiger partial charge < -0.3 is 5.32 Å². The maximum atomic E-state index is 12.5. The third-order valence-corrected chi connectivity index (χ3v) is 4.26. The molecule has 25 heavy (non-hydrogen) atoms. The molecule has 3 rings (SSSR count). The van der Waals surface area contributed by atoms with Gasteiger partial charge in [0.1, 0.15) is 0 Å². The van der Waals surface area contributed by atoms with Crippen LogP contribution in [-0.4, -0.2) is 11.7 Å². The van der Waals surface area contributed by atoms with Gasteiger partial charge in [0.2, 0.25) is 0 Å². The van der Waals surface area contributed by atoms with Crippen molar-refractivity contribution in [3.05, 3.63) is 100 Å². The highest BCUT2D eigenvalue weighted by molar-refractivity contribution is 6.31. The molecule has 0 aliphatic carbocycles. The van der Waals surface area contributed by atoms with E-state index in [1.165, 1.54) is 0 Å². The number of carbonyl (C=O) groups excluding carboxylic acids is 2. The lowest BCUT2D eigenvalue weighted by Gasteiger charge is -2.08. The topological polar surface area (TPSA) is 46.2 Å². The van der Waals surface area contributed by atoms with Crippen LogP contribution < -0.4 is 5.32 Å². The van der Waals surface area contributed by atoms with Crippen molar-refractivity contribution in [1.82, 2.24) is 0 Å². The van der Waals surface area contributed by atoms with E-state index in [1.807, 2.05) is 25.1 Å². The Morgan fingerprint density at radius 3 is 2.24 bits per heavy atom. The Morgan fingerprint density at radius 1 is 0.800 bits per heavy atom. The van der Waals surface area contributed by atoms with E-state index in [9.17, 15) is 9.59 Å². The molecule has 0 unspecified atom stereocenters. The van der Waals surface area contributed by atoms with Crippen molar-refractivity contribution in [3.63, 3.8) is 0 Å². The van der Waals surface area contributed by atoms with Gasteiger partial charge in [0.15, 0.2) is 5.78 Å². The van der Waals surface area contributed by atoms with Crippen LogP contribution in [0.25, 0.3) is 0 Å². The molecule has 0 saturated carbocycles. The fraction of sp³-hybridized carbons (Fsp3) is 0.0476. The first-order chi connectivity index (χ1) is 12.0. The third kappa shape index (κ3) is 3.95. The van der Waals surface area contributed by atoms with Gasteiger partial charge in [-0.15, -0.1) is 0 Å². The van der Waals surface area contributed by atoms with Gasteiger partial charge in [0.25, 0.3) is 5.91 Å². The summed E-state index contributed by atoms with van der Waals surface area (Å²) in [5.74, 6) is -0.360. The van der Waals surface area contributed by atoms with Crippen LogP contribution in [0.2, 0.25) is 5.02 Å². The molecule has 3 aromatic carbocycles. The van der Waals surface area contributed by atoms with Crippen molar-refractivity contribution in [2.45, 2.75) is 6.92 Å². The number of hydrogen-bond acceptors (Lipinski definition) is 2. The molecule has 0 bridgehead atoms. The second kappa shape index (κ2) is 7.32. The van der Waals surface area contributed by atoms with Crippen LogP contribution in [0.4, 0.5) is 5.69 Å². The zero-order valence-electron chi connectivity index (χ0n) is 13.6. The van der Waals surface area contributed by atoms with Gasteiger partial charge in [-0.25, -0.2) is 0 Å². The SMILES string of the molecule is Cc1ccc(C(=O)Nc2cccc(C(=O)c3ccccc3)c2)cc1Cl. The molecule has 0 atom stereocenters. The molecular formula is C21H16ClNO2. The summed E-state index contributed by atoms with van der Waals surface area (Å²) >= 11 is 6.07. The average Bonchev–Trinajstić information content (AvgIpc) is 2.64. The highest BCUT2D eigenvalue weighted by Crippen LogP contribution is 2.19. The van der Waals surface area contributed by atoms with Gasteiger partial charge in [-0.2, -0.15) is 0 Å². The van der Waals surface area contributed by atoms with Crippen LogP contribution in [0, 0.1) is 6.92 Å². The summed E-state index contributed by atoms with van der Waals surface area (Å²) in [6.45, 7) is 1.88. The molecule has 0 aliphatic rings. The zero-order chi connectivity index (χ0) is 17.8. The molecule has 0 heterocycles. The Kier molecular flexibility index (Phi) is 4.96. The largest absolute Gasteiger partial charge is 0.322 e. The molecule has 3 aromatic rings. The molecule has 4 heteroatoms. The lowest BCUT2D eigenvalue weighted by molar-refractivity contribution is 0.102. The summed E-state index contributed by atoms with van der Waals surface area (Å²) in [4.78, 5) is 24.9. The van der Waals surface area contributed by atoms with E-state index in [0.717, 1.165) is 5.56 Å². The minimum absolute atomic E-state index is 0.0879. The van der Waals surface area contributed by atoms with Gasteiger partial charge in [0.05, 0.1) is 0 Å². The summed E-state index contributed by atoms with van der Waals surface area (Å²) in [7, 11) is 0. The standard InChI is InChI=1S/C21H16ClNO2/c1-14-10-11-17(13-19(14)22)21(25)23-18-9-5-8-16(12-18)20(24)15-6-3-2-4-7-15/h2-13H,1H3,(H,23,25). The quantitative estimate of drug-likeness (QED) is 0.663. The monoisotopic (exact) mass is 349 g/mol. The predicted molar refractivity (Wildman–Crippen MR) is 100 cm³/mol. The Hall–Kier alpha value is -2.91. The van der Waals surface area contributed by atoms with E-state index in [-0.39, 0.29) is 11.7 Å². The lowest BCUT2D eigenvalue weighted by Crippen LogP contribution is -2.12. The number of nitrogens with one attached hydrogen (secondary N) is 1. The smallest absolute Gasteiger partial charge is 0.255 e. The summed E-state index contributed by atoms with van der Waals surface area (Å²) in [5, 5.41) is 3.34. The van der Waals surface area contributed by atoms with E-state index in [0.29, 0.717) is 27.4 Å². The van der Waals surface area contributed by atoms with Crippen molar-refractivity contribution in [2.24, 2.45) is 0 Å². The first kappa shape index (κ1) is 16.9. The van der Waals surface area contributed by atoms with Crippen molar-refractivity contribution < 1.29 is 9.59 Å². The summed E-state index contributed by atoms with van der Waals surface area (Å²) in [5.41, 5.74) is 3.06. The number of rotatable bonds is 4. The van der Waals surface area contributed by atoms with Crippen molar-refractivity contribution in [1.29, 1.82) is 0 Å². The molecule has 3 nitrogen and oxygen atoms in total. The van der Waals surface area contributed by atoms with Crippen LogP contribution in [-0.2, 0) is 0 Å². The van der Waals surface area contributed by atoms with Gasteiger partial charge in [-0.05, 0) is 36.8 Å². The number of anilines is 1. The van der Waals surface area contributed by atoms with E-state index in [1.54, 1.807) is 54.6 Å². The van der Waals surface area contributed by atoms with Crippen molar-refractivity contribution >= 4 is 29.0 Å². The number of carbonyl (C=O) groups is 2. The van der Waals surface area contributed by atoms with Crippen LogP contribution in [0.15, 0.2) is 72.8 Å². The number of hydrogen-bond donors (Lipinski definition) is 1. The van der Waals surface area contributed by atoms with E-state index in [4.69, 9.17) is 11.6 Å². The molecular weight excluding hydrogens is 334 g/mol. The Morgan fingerprint density at radius 2 is 1.52 bits per heavy atom. The van der Waals surface area contributed by atoms with Crippen molar-refractivity contribution in [3.8, 4) is 0 Å². The lowest BCUT2D eigenvalue weighted by atomic mass is 10.0. The third-order valence-electron chi connectivity index (χ3n) is 3.85. The van der Waals surface area contributed by atoms with E-state index < -0.39 is 0 Å². The predicted octanol–water partition coefficient (Wildman–Crippen LogP) is 5.13. The maximum absolute atomic E-state index is 12.5. The zero-order valence-corrected chi connectivity index (χ0v) is 14.4. The first-order valence-corrected chi connectivity index (χ1v) is 8.20. The number of aryl methyl sites for hydroxylation is 1. The molecule has 0 aromatic heterocycles. The molecule has 1 amide bonds. The van der Waals surface area contributed by atoms with Gasteiger partial charge in [0, 0.05) is 27.4 Å². The Balaban J connectivity index is 1.81. The molecule has 0 aliphatic heterocycles. The summed E-state index contributed by atoms with van der Waals surface area (Å²) in [6, 6.07) is 21.1. The number of amides is 1. The van der Waals surface area contributed by atoms with Crippen molar-refractivity contribution in [2.75, 3.05) is 5.32 Å². The number of halogens is 1. The second-order valence-corrected chi connectivity index (χ2v) is 6.10. The average molecular weight is 350 g/mol. The van der Waals surface area contributed by atoms with Gasteiger partial charge in [-0.1, -0.05) is 60.1 Å². The fourth-order valence-corrected chi connectivity index (χ4v) is 2.61. The van der Waals surface area contributed by atoms with Crippen LogP contribution in [0.3, 0.4) is 0 Å². The van der Waals surface area contributed by atoms with Crippen LogP contribution in [0.5, 0.6) is 0 Å². The van der Waals surface area contributed by atoms with E-state index >= 15 is 0 Å². The first-order valence-electron chi connectivity index (χ1n) is 7.82. The normalized spacial score (nSPS) is 10.3. The van der Waals surface area contributed by atoms with Gasteiger partial charge >= 0.3 is 0 Å². The highest BCUT2D eigenvalue weighted by atomic mass is 35.5. The minimum atomic E-state index is -0.272. The Labute approximate surface area is 151 Å². The second-order valence-electron chi connectivity index (χ2n) is 5.69. The Bertz CT molecular complexity index is 936. The summed E-state index contributed by atoms with van der Waals surface area (Å²) < 4.78 is 0. The van der Waals surface area contributed by atoms with Crippen LogP contribution in [0.1, 0.15) is 31.8 Å². The molecule has 0 fully saturated rings. The molecule has 0 spiro atoms. The molecule has 0 saturated heterocycles. The molecule has 1 N–H and O–H groups in total. The molecule has 0 radical (unpaired) electrons. The maximum Gasteiger partial charge on any atom is 0.255 e.